The Morgan fingerprint density at radius 3 is 2.43 bits per heavy atom. The van der Waals surface area contributed by atoms with Gasteiger partial charge in [0.05, 0.1) is 0 Å². The topological polar surface area (TPSA) is 71.5 Å². The second-order valence-electron chi connectivity index (χ2n) is 2.36. The van der Waals surface area contributed by atoms with Gasteiger partial charge in [0.2, 0.25) is 0 Å². The van der Waals surface area contributed by atoms with Crippen LogP contribution < -0.4 is 5.56 Å². The Bertz CT molecular complexity index is 456. The van der Waals surface area contributed by atoms with Gasteiger partial charge in [0.15, 0.2) is 11.6 Å². The van der Waals surface area contributed by atoms with Crippen LogP contribution in [0.15, 0.2) is 35.5 Å². The van der Waals surface area contributed by atoms with Crippen LogP contribution in [-0.4, -0.2) is 19.9 Å². The maximum atomic E-state index is 10.9. The zero-order valence-electron chi connectivity index (χ0n) is 7.04. The van der Waals surface area contributed by atoms with Gasteiger partial charge in [0.1, 0.15) is 0 Å². The first-order valence-electron chi connectivity index (χ1n) is 3.69. The third kappa shape index (κ3) is 2.23. The average Bonchev–Trinajstić information content (AvgIpc) is 2.19. The third-order valence-electron chi connectivity index (χ3n) is 1.45. The van der Waals surface area contributed by atoms with E-state index in [9.17, 15) is 4.79 Å². The van der Waals surface area contributed by atoms with Gasteiger partial charge in [-0.2, -0.15) is 0 Å². The van der Waals surface area contributed by atoms with Crippen molar-refractivity contribution in [1.29, 1.82) is 0 Å². The first-order chi connectivity index (χ1) is 6.36. The van der Waals surface area contributed by atoms with Gasteiger partial charge < -0.3 is 4.98 Å². The van der Waals surface area contributed by atoms with Gasteiger partial charge in [-0.3, -0.25) is 4.79 Å². The molecule has 0 aromatic carbocycles. The molecule has 0 spiro atoms. The molecule has 0 aliphatic rings. The zero-order valence-corrected chi connectivity index (χ0v) is 8.76. The number of nitrogens with one attached hydrogen (secondary N) is 1. The molecular formula is C8H7BrN4O. The molecule has 2 rings (SSSR count). The first kappa shape index (κ1) is 10.5. The van der Waals surface area contributed by atoms with Crippen LogP contribution in [0.5, 0.6) is 0 Å². The molecule has 2 heterocycles. The molecule has 1 N–H and O–H groups in total. The zero-order chi connectivity index (χ0) is 9.10. The highest BCUT2D eigenvalue weighted by atomic mass is 79.9. The van der Waals surface area contributed by atoms with E-state index in [0.717, 1.165) is 0 Å². The van der Waals surface area contributed by atoms with Crippen molar-refractivity contribution in [2.24, 2.45) is 0 Å². The van der Waals surface area contributed by atoms with E-state index in [2.05, 4.69) is 19.9 Å². The van der Waals surface area contributed by atoms with Gasteiger partial charge in [-0.1, -0.05) is 0 Å². The lowest BCUT2D eigenvalue weighted by Gasteiger charge is -1.95. The smallest absolute Gasteiger partial charge is 0.251 e. The molecule has 0 unspecified atom stereocenters. The van der Waals surface area contributed by atoms with Crippen LogP contribution in [0, 0.1) is 0 Å². The molecule has 72 valence electrons. The normalized spacial score (nSPS) is 9.14. The van der Waals surface area contributed by atoms with Crippen molar-refractivity contribution in [3.05, 3.63) is 41.1 Å². The monoisotopic (exact) mass is 254 g/mol. The van der Waals surface area contributed by atoms with Crippen LogP contribution in [0.3, 0.4) is 0 Å². The van der Waals surface area contributed by atoms with Crippen LogP contribution in [0.25, 0.3) is 11.6 Å². The maximum Gasteiger partial charge on any atom is 0.251 e. The summed E-state index contributed by atoms with van der Waals surface area (Å²) in [5.41, 5.74) is -0.211. The fraction of sp³-hybridized carbons (Fsp3) is 0. The molecule has 0 aliphatic heterocycles. The molecule has 2 aromatic heterocycles. The number of rotatable bonds is 1. The highest BCUT2D eigenvalue weighted by Crippen LogP contribution is 2.02. The van der Waals surface area contributed by atoms with Gasteiger partial charge >= 0.3 is 0 Å². The number of aromatic nitrogens is 4. The quantitative estimate of drug-likeness (QED) is 0.818. The Labute approximate surface area is 90.0 Å². The summed E-state index contributed by atoms with van der Waals surface area (Å²) in [7, 11) is 0. The van der Waals surface area contributed by atoms with Crippen LogP contribution in [-0.2, 0) is 0 Å². The largest absolute Gasteiger partial charge is 0.304 e. The average molecular weight is 255 g/mol. The van der Waals surface area contributed by atoms with Crippen molar-refractivity contribution in [2.45, 2.75) is 0 Å². The minimum Gasteiger partial charge on any atom is -0.304 e. The van der Waals surface area contributed by atoms with Gasteiger partial charge in [0, 0.05) is 24.7 Å². The van der Waals surface area contributed by atoms with E-state index < -0.39 is 0 Å². The van der Waals surface area contributed by atoms with Crippen LogP contribution in [0.4, 0.5) is 0 Å². The van der Waals surface area contributed by atoms with Crippen molar-refractivity contribution in [3.63, 3.8) is 0 Å². The Morgan fingerprint density at radius 1 is 1.07 bits per heavy atom. The SMILES string of the molecule is Br.O=c1ccnc(-c2ncccn2)[nH]1. The summed E-state index contributed by atoms with van der Waals surface area (Å²) in [6, 6.07) is 3.04. The number of halogens is 1. The van der Waals surface area contributed by atoms with E-state index in [1.807, 2.05) is 0 Å². The summed E-state index contributed by atoms with van der Waals surface area (Å²) in [6.07, 6.45) is 4.61. The van der Waals surface area contributed by atoms with Crippen molar-refractivity contribution in [1.82, 2.24) is 19.9 Å². The van der Waals surface area contributed by atoms with Crippen molar-refractivity contribution in [3.8, 4) is 11.6 Å². The number of hydrogen-bond donors (Lipinski definition) is 1. The molecule has 0 radical (unpaired) electrons. The molecule has 2 aromatic rings. The molecule has 0 saturated carbocycles. The van der Waals surface area contributed by atoms with E-state index in [4.69, 9.17) is 0 Å². The van der Waals surface area contributed by atoms with Crippen LogP contribution in [0.1, 0.15) is 0 Å². The predicted octanol–water partition coefficient (Wildman–Crippen LogP) is 0.805. The van der Waals surface area contributed by atoms with E-state index >= 15 is 0 Å². The Morgan fingerprint density at radius 2 is 1.79 bits per heavy atom. The summed E-state index contributed by atoms with van der Waals surface area (Å²) in [5, 5.41) is 0. The van der Waals surface area contributed by atoms with Crippen molar-refractivity contribution < 1.29 is 0 Å². The molecule has 14 heavy (non-hydrogen) atoms. The van der Waals surface area contributed by atoms with E-state index in [-0.39, 0.29) is 22.5 Å². The molecular weight excluding hydrogens is 248 g/mol. The molecule has 0 fully saturated rings. The lowest BCUT2D eigenvalue weighted by Crippen LogP contribution is -2.07. The van der Waals surface area contributed by atoms with Crippen molar-refractivity contribution in [2.75, 3.05) is 0 Å². The standard InChI is InChI=1S/C8H6N4O.BrH/c13-6-2-5-11-8(12-6)7-9-3-1-4-10-7;/h1-5H,(H,11,12,13);1H. The minimum absolute atomic E-state index is 0. The summed E-state index contributed by atoms with van der Waals surface area (Å²) in [5.74, 6) is 0.799. The van der Waals surface area contributed by atoms with E-state index in [0.29, 0.717) is 11.6 Å². The molecule has 0 aliphatic carbocycles. The minimum atomic E-state index is -0.211. The van der Waals surface area contributed by atoms with E-state index in [1.165, 1.54) is 12.3 Å². The predicted molar refractivity (Wildman–Crippen MR) is 56.2 cm³/mol. The summed E-state index contributed by atoms with van der Waals surface area (Å²) < 4.78 is 0. The maximum absolute atomic E-state index is 10.9. The fourth-order valence-electron chi connectivity index (χ4n) is 0.905. The van der Waals surface area contributed by atoms with Crippen LogP contribution >= 0.6 is 17.0 Å². The molecule has 0 saturated heterocycles. The Hall–Kier alpha value is -1.56. The lowest BCUT2D eigenvalue weighted by molar-refractivity contribution is 1.06. The van der Waals surface area contributed by atoms with Gasteiger partial charge in [-0.15, -0.1) is 17.0 Å². The third-order valence-corrected chi connectivity index (χ3v) is 1.45. The second-order valence-corrected chi connectivity index (χ2v) is 2.36. The highest BCUT2D eigenvalue weighted by Gasteiger charge is 2.00. The highest BCUT2D eigenvalue weighted by molar-refractivity contribution is 8.93. The number of hydrogen-bond acceptors (Lipinski definition) is 4. The molecule has 0 amide bonds. The summed E-state index contributed by atoms with van der Waals surface area (Å²) in [4.78, 5) is 25.3. The summed E-state index contributed by atoms with van der Waals surface area (Å²) in [6.45, 7) is 0. The van der Waals surface area contributed by atoms with Crippen molar-refractivity contribution >= 4 is 17.0 Å². The second kappa shape index (κ2) is 4.61. The number of nitrogens with zero attached hydrogens (tertiary/aromatic N) is 3. The van der Waals surface area contributed by atoms with E-state index in [1.54, 1.807) is 18.5 Å². The van der Waals surface area contributed by atoms with Crippen LogP contribution in [0.2, 0.25) is 0 Å². The van der Waals surface area contributed by atoms with Gasteiger partial charge in [-0.05, 0) is 6.07 Å². The van der Waals surface area contributed by atoms with Gasteiger partial charge in [-0.25, -0.2) is 15.0 Å². The number of H-pyrrole nitrogens is 1. The fourth-order valence-corrected chi connectivity index (χ4v) is 0.905. The summed E-state index contributed by atoms with van der Waals surface area (Å²) >= 11 is 0. The number of aromatic amines is 1. The molecule has 5 nitrogen and oxygen atoms in total. The molecule has 6 heteroatoms. The lowest BCUT2D eigenvalue weighted by atomic mass is 10.5. The van der Waals surface area contributed by atoms with Gasteiger partial charge in [0.25, 0.3) is 5.56 Å². The Kier molecular flexibility index (Phi) is 3.47. The Balaban J connectivity index is 0.000000980. The molecule has 0 bridgehead atoms. The first-order valence-corrected chi connectivity index (χ1v) is 3.69. The molecule has 0 atom stereocenters.